The average molecular weight is 474 g/mol. The molecule has 0 bridgehead atoms. The number of benzene rings is 3. The van der Waals surface area contributed by atoms with Crippen molar-refractivity contribution in [3.05, 3.63) is 88.5 Å². The van der Waals surface area contributed by atoms with Crippen LogP contribution in [-0.2, 0) is 9.59 Å². The molecule has 3 aromatic rings. The summed E-state index contributed by atoms with van der Waals surface area (Å²) in [4.78, 5) is 28.3. The van der Waals surface area contributed by atoms with E-state index in [1.165, 1.54) is 19.1 Å². The van der Waals surface area contributed by atoms with Gasteiger partial charge in [0.25, 0.3) is 11.7 Å². The van der Waals surface area contributed by atoms with Gasteiger partial charge >= 0.3 is 0 Å². The van der Waals surface area contributed by atoms with Crippen molar-refractivity contribution in [2.45, 2.75) is 19.9 Å². The van der Waals surface area contributed by atoms with Crippen LogP contribution < -0.4 is 19.1 Å². The van der Waals surface area contributed by atoms with E-state index < -0.39 is 17.7 Å². The number of aliphatic hydroxyl groups is 1. The number of ether oxygens (including phenoxy) is 3. The number of ketones is 1. The number of amides is 1. The van der Waals surface area contributed by atoms with Crippen LogP contribution in [0.15, 0.2) is 66.2 Å². The molecule has 4 rings (SSSR count). The highest BCUT2D eigenvalue weighted by Crippen LogP contribution is 2.45. The lowest BCUT2D eigenvalue weighted by atomic mass is 9.94. The Bertz CT molecular complexity index is 1280. The molecule has 1 amide bonds. The van der Waals surface area contributed by atoms with Gasteiger partial charge < -0.3 is 19.3 Å². The molecule has 1 heterocycles. The molecule has 0 aromatic heterocycles. The standard InChI is InChI=1S/C28H27NO6/c1-16-13-17(2)15-19(14-16)29-25(18-9-11-20(33-3)12-10-18)24(27(31)28(29)32)26(30)23-21(34-4)7-6-8-22(23)35-5/h6-15,25,30H,1-5H3/b26-24+. The minimum atomic E-state index is -0.878. The fourth-order valence-corrected chi connectivity index (χ4v) is 4.51. The number of Topliss-reactive ketones (excluding diaryl/α,β-unsaturated/α-hetero) is 1. The van der Waals surface area contributed by atoms with E-state index in [0.29, 0.717) is 28.5 Å². The van der Waals surface area contributed by atoms with Gasteiger partial charge in [-0.2, -0.15) is 0 Å². The summed E-state index contributed by atoms with van der Waals surface area (Å²) in [5.74, 6) is -0.642. The maximum Gasteiger partial charge on any atom is 0.300 e. The summed E-state index contributed by atoms with van der Waals surface area (Å²) in [7, 11) is 4.48. The summed E-state index contributed by atoms with van der Waals surface area (Å²) in [6.45, 7) is 3.85. The minimum Gasteiger partial charge on any atom is -0.506 e. The fourth-order valence-electron chi connectivity index (χ4n) is 4.51. The molecule has 3 aromatic carbocycles. The smallest absolute Gasteiger partial charge is 0.300 e. The van der Waals surface area contributed by atoms with Crippen molar-refractivity contribution in [2.24, 2.45) is 0 Å². The summed E-state index contributed by atoms with van der Waals surface area (Å²) < 4.78 is 16.2. The molecule has 1 aliphatic heterocycles. The maximum atomic E-state index is 13.5. The van der Waals surface area contributed by atoms with E-state index in [4.69, 9.17) is 14.2 Å². The van der Waals surface area contributed by atoms with E-state index in [9.17, 15) is 14.7 Å². The van der Waals surface area contributed by atoms with E-state index in [1.807, 2.05) is 32.0 Å². The summed E-state index contributed by atoms with van der Waals surface area (Å²) in [6, 6.07) is 16.9. The number of rotatable bonds is 6. The zero-order valence-corrected chi connectivity index (χ0v) is 20.3. The number of hydrogen-bond donors (Lipinski definition) is 1. The van der Waals surface area contributed by atoms with Crippen molar-refractivity contribution < 1.29 is 28.9 Å². The third-order valence-electron chi connectivity index (χ3n) is 6.03. The van der Waals surface area contributed by atoms with Crippen LogP contribution in [-0.4, -0.2) is 38.1 Å². The predicted molar refractivity (Wildman–Crippen MR) is 133 cm³/mol. The Morgan fingerprint density at radius 1 is 0.829 bits per heavy atom. The van der Waals surface area contributed by atoms with Gasteiger partial charge in [-0.25, -0.2) is 0 Å². The predicted octanol–water partition coefficient (Wildman–Crippen LogP) is 4.96. The molecule has 35 heavy (non-hydrogen) atoms. The second-order valence-electron chi connectivity index (χ2n) is 8.33. The largest absolute Gasteiger partial charge is 0.506 e. The Kier molecular flexibility index (Phi) is 6.51. The summed E-state index contributed by atoms with van der Waals surface area (Å²) >= 11 is 0. The molecule has 0 spiro atoms. The Balaban J connectivity index is 2.02. The number of methoxy groups -OCH3 is 3. The van der Waals surface area contributed by atoms with Crippen molar-refractivity contribution in [2.75, 3.05) is 26.2 Å². The van der Waals surface area contributed by atoms with Crippen LogP contribution in [0, 0.1) is 13.8 Å². The lowest BCUT2D eigenvalue weighted by Crippen LogP contribution is -2.29. The molecular formula is C28H27NO6. The van der Waals surface area contributed by atoms with Crippen LogP contribution in [0.5, 0.6) is 17.2 Å². The SMILES string of the molecule is COc1ccc(C2/C(=C(\O)c3c(OC)cccc3OC)C(=O)C(=O)N2c2cc(C)cc(C)c2)cc1. The highest BCUT2D eigenvalue weighted by Gasteiger charge is 2.47. The molecule has 1 fully saturated rings. The Morgan fingerprint density at radius 3 is 1.91 bits per heavy atom. The zero-order valence-electron chi connectivity index (χ0n) is 20.3. The third kappa shape index (κ3) is 4.21. The van der Waals surface area contributed by atoms with Gasteiger partial charge in [0, 0.05) is 5.69 Å². The molecular weight excluding hydrogens is 446 g/mol. The van der Waals surface area contributed by atoms with E-state index in [1.54, 1.807) is 49.6 Å². The molecule has 1 unspecified atom stereocenters. The quantitative estimate of drug-likeness (QED) is 0.310. The lowest BCUT2D eigenvalue weighted by Gasteiger charge is -2.26. The van der Waals surface area contributed by atoms with Gasteiger partial charge in [0.1, 0.15) is 28.6 Å². The van der Waals surface area contributed by atoms with E-state index in [0.717, 1.165) is 11.1 Å². The average Bonchev–Trinajstić information content (AvgIpc) is 3.12. The van der Waals surface area contributed by atoms with Gasteiger partial charge in [0.2, 0.25) is 0 Å². The maximum absolute atomic E-state index is 13.5. The van der Waals surface area contributed by atoms with Crippen molar-refractivity contribution in [1.82, 2.24) is 0 Å². The molecule has 1 atom stereocenters. The first-order valence-corrected chi connectivity index (χ1v) is 11.0. The number of carbonyl (C=O) groups is 2. The molecule has 0 radical (unpaired) electrons. The topological polar surface area (TPSA) is 85.3 Å². The highest BCUT2D eigenvalue weighted by molar-refractivity contribution is 6.51. The Labute approximate surface area is 204 Å². The van der Waals surface area contributed by atoms with Crippen LogP contribution in [0.1, 0.15) is 28.3 Å². The molecule has 1 aliphatic rings. The monoisotopic (exact) mass is 473 g/mol. The number of anilines is 1. The summed E-state index contributed by atoms with van der Waals surface area (Å²) in [6.07, 6.45) is 0. The third-order valence-corrected chi connectivity index (χ3v) is 6.03. The first-order valence-electron chi connectivity index (χ1n) is 11.0. The van der Waals surface area contributed by atoms with Gasteiger partial charge in [-0.15, -0.1) is 0 Å². The second-order valence-corrected chi connectivity index (χ2v) is 8.33. The van der Waals surface area contributed by atoms with Crippen molar-refractivity contribution in [1.29, 1.82) is 0 Å². The van der Waals surface area contributed by atoms with Crippen LogP contribution in [0.25, 0.3) is 5.76 Å². The minimum absolute atomic E-state index is 0.0536. The van der Waals surface area contributed by atoms with Crippen LogP contribution in [0.4, 0.5) is 5.69 Å². The number of hydrogen-bond acceptors (Lipinski definition) is 6. The molecule has 0 aliphatic carbocycles. The van der Waals surface area contributed by atoms with Crippen LogP contribution >= 0.6 is 0 Å². The molecule has 0 saturated carbocycles. The Morgan fingerprint density at radius 2 is 1.40 bits per heavy atom. The van der Waals surface area contributed by atoms with Gasteiger partial charge in [0.05, 0.1) is 32.9 Å². The Hall–Kier alpha value is -4.26. The first kappa shape index (κ1) is 23.9. The number of aliphatic hydroxyl groups excluding tert-OH is 1. The van der Waals surface area contributed by atoms with Crippen molar-refractivity contribution >= 4 is 23.1 Å². The van der Waals surface area contributed by atoms with E-state index in [2.05, 4.69) is 0 Å². The molecule has 7 heteroatoms. The zero-order chi connectivity index (χ0) is 25.3. The van der Waals surface area contributed by atoms with Gasteiger partial charge in [-0.05, 0) is 66.9 Å². The number of carbonyl (C=O) groups excluding carboxylic acids is 2. The number of nitrogens with zero attached hydrogens (tertiary/aromatic N) is 1. The second kappa shape index (κ2) is 9.54. The highest BCUT2D eigenvalue weighted by atomic mass is 16.5. The number of aryl methyl sites for hydroxylation is 2. The molecule has 1 N–H and O–H groups in total. The first-order chi connectivity index (χ1) is 16.8. The van der Waals surface area contributed by atoms with Gasteiger partial charge in [0.15, 0.2) is 0 Å². The molecule has 1 saturated heterocycles. The van der Waals surface area contributed by atoms with E-state index in [-0.39, 0.29) is 16.9 Å². The van der Waals surface area contributed by atoms with Crippen molar-refractivity contribution in [3.8, 4) is 17.2 Å². The summed E-state index contributed by atoms with van der Waals surface area (Å²) in [5.41, 5.74) is 3.25. The van der Waals surface area contributed by atoms with Gasteiger partial charge in [-0.3, -0.25) is 14.5 Å². The fraction of sp³-hybridized carbons (Fsp3) is 0.214. The molecule has 7 nitrogen and oxygen atoms in total. The molecule has 180 valence electrons. The van der Waals surface area contributed by atoms with E-state index >= 15 is 0 Å². The lowest BCUT2D eigenvalue weighted by molar-refractivity contribution is -0.132. The van der Waals surface area contributed by atoms with Crippen LogP contribution in [0.2, 0.25) is 0 Å². The van der Waals surface area contributed by atoms with Gasteiger partial charge in [-0.1, -0.05) is 24.3 Å². The van der Waals surface area contributed by atoms with Crippen LogP contribution in [0.3, 0.4) is 0 Å². The van der Waals surface area contributed by atoms with Crippen molar-refractivity contribution in [3.63, 3.8) is 0 Å². The normalized spacial score (nSPS) is 16.9. The summed E-state index contributed by atoms with van der Waals surface area (Å²) in [5, 5.41) is 11.5.